The minimum atomic E-state index is -0.381. The molecule has 9 heteroatoms. The molecule has 0 aromatic carbocycles. The predicted octanol–water partition coefficient (Wildman–Crippen LogP) is 2.73. The molecule has 3 rings (SSSR count). The first-order valence-corrected chi connectivity index (χ1v) is 10.7. The van der Waals surface area contributed by atoms with Gasteiger partial charge < -0.3 is 15.1 Å². The normalized spacial score (nSPS) is 19.0. The molecule has 2 unspecified atom stereocenters. The molecule has 0 bridgehead atoms. The number of anilines is 1. The summed E-state index contributed by atoms with van der Waals surface area (Å²) >= 11 is 1.26. The van der Waals surface area contributed by atoms with Gasteiger partial charge in [0.25, 0.3) is 5.91 Å². The minimum absolute atomic E-state index is 0.00377. The Morgan fingerprint density at radius 3 is 2.86 bits per heavy atom. The highest BCUT2D eigenvalue weighted by Crippen LogP contribution is 2.25. The van der Waals surface area contributed by atoms with Crippen LogP contribution in [0.4, 0.5) is 5.13 Å². The van der Waals surface area contributed by atoms with Crippen molar-refractivity contribution in [3.8, 4) is 0 Å². The van der Waals surface area contributed by atoms with Crippen molar-refractivity contribution in [3.63, 3.8) is 0 Å². The number of aromatic nitrogens is 1. The SMILES string of the molecule is CC(C)NC(=O)C1CCCC(NC(=O)Cc2csc(NC(=O)c3ccco3)n2)C1. The first-order valence-electron chi connectivity index (χ1n) is 9.79. The molecule has 29 heavy (non-hydrogen) atoms. The Balaban J connectivity index is 1.47. The van der Waals surface area contributed by atoms with Gasteiger partial charge in [-0.25, -0.2) is 4.98 Å². The smallest absolute Gasteiger partial charge is 0.293 e. The minimum Gasteiger partial charge on any atom is -0.459 e. The van der Waals surface area contributed by atoms with Crippen molar-refractivity contribution in [2.45, 2.75) is 58.0 Å². The summed E-state index contributed by atoms with van der Waals surface area (Å²) in [5.41, 5.74) is 0.590. The topological polar surface area (TPSA) is 113 Å². The van der Waals surface area contributed by atoms with Crippen LogP contribution in [0, 0.1) is 5.92 Å². The molecule has 0 saturated heterocycles. The Labute approximate surface area is 173 Å². The molecule has 2 atom stereocenters. The number of carbonyl (C=O) groups excluding carboxylic acids is 3. The maximum Gasteiger partial charge on any atom is 0.293 e. The van der Waals surface area contributed by atoms with E-state index in [0.717, 1.165) is 19.3 Å². The second-order valence-corrected chi connectivity index (χ2v) is 8.40. The summed E-state index contributed by atoms with van der Waals surface area (Å²) < 4.78 is 5.04. The third-order valence-corrected chi connectivity index (χ3v) is 5.51. The molecule has 0 aliphatic heterocycles. The van der Waals surface area contributed by atoms with Crippen LogP contribution < -0.4 is 16.0 Å². The summed E-state index contributed by atoms with van der Waals surface area (Å²) in [4.78, 5) is 40.9. The van der Waals surface area contributed by atoms with E-state index in [9.17, 15) is 14.4 Å². The highest BCUT2D eigenvalue weighted by Gasteiger charge is 2.28. The van der Waals surface area contributed by atoms with Crippen LogP contribution >= 0.6 is 11.3 Å². The Hall–Kier alpha value is -2.68. The number of hydrogen-bond acceptors (Lipinski definition) is 6. The molecule has 3 N–H and O–H groups in total. The molecular formula is C20H26N4O4S. The second kappa shape index (κ2) is 9.69. The average Bonchev–Trinajstić information content (AvgIpc) is 3.33. The van der Waals surface area contributed by atoms with E-state index in [1.165, 1.54) is 17.6 Å². The van der Waals surface area contributed by atoms with Crippen molar-refractivity contribution >= 4 is 34.2 Å². The maximum atomic E-state index is 12.4. The Morgan fingerprint density at radius 2 is 2.14 bits per heavy atom. The number of thiazole rings is 1. The van der Waals surface area contributed by atoms with E-state index in [4.69, 9.17) is 4.42 Å². The fraction of sp³-hybridized carbons (Fsp3) is 0.500. The van der Waals surface area contributed by atoms with E-state index in [2.05, 4.69) is 20.9 Å². The molecule has 8 nitrogen and oxygen atoms in total. The van der Waals surface area contributed by atoms with Crippen LogP contribution in [0.25, 0.3) is 0 Å². The Kier molecular flexibility index (Phi) is 7.03. The fourth-order valence-corrected chi connectivity index (χ4v) is 4.12. The summed E-state index contributed by atoms with van der Waals surface area (Å²) in [5.74, 6) is -0.301. The van der Waals surface area contributed by atoms with Crippen LogP contribution in [0.15, 0.2) is 28.2 Å². The number of amides is 3. The third-order valence-electron chi connectivity index (χ3n) is 4.70. The van der Waals surface area contributed by atoms with Crippen LogP contribution in [0.5, 0.6) is 0 Å². The van der Waals surface area contributed by atoms with Gasteiger partial charge in [-0.05, 0) is 45.2 Å². The van der Waals surface area contributed by atoms with Gasteiger partial charge in [0.1, 0.15) is 0 Å². The third kappa shape index (κ3) is 6.15. The lowest BCUT2D eigenvalue weighted by Gasteiger charge is -2.29. The molecule has 1 aliphatic carbocycles. The first kappa shape index (κ1) is 21.0. The van der Waals surface area contributed by atoms with Crippen LogP contribution in [-0.2, 0) is 16.0 Å². The van der Waals surface area contributed by atoms with Crippen molar-refractivity contribution in [2.24, 2.45) is 5.92 Å². The molecule has 2 heterocycles. The molecule has 1 saturated carbocycles. The fourth-order valence-electron chi connectivity index (χ4n) is 3.42. The van der Waals surface area contributed by atoms with Gasteiger partial charge in [0.15, 0.2) is 10.9 Å². The number of hydrogen-bond donors (Lipinski definition) is 3. The number of nitrogens with zero attached hydrogens (tertiary/aromatic N) is 1. The Morgan fingerprint density at radius 1 is 1.31 bits per heavy atom. The predicted molar refractivity (Wildman–Crippen MR) is 110 cm³/mol. The van der Waals surface area contributed by atoms with Crippen LogP contribution in [0.3, 0.4) is 0 Å². The Bertz CT molecular complexity index is 847. The van der Waals surface area contributed by atoms with Gasteiger partial charge in [0.05, 0.1) is 18.4 Å². The van der Waals surface area contributed by atoms with E-state index in [1.807, 2.05) is 13.8 Å². The molecule has 1 aliphatic rings. The van der Waals surface area contributed by atoms with Crippen molar-refractivity contribution in [2.75, 3.05) is 5.32 Å². The summed E-state index contributed by atoms with van der Waals surface area (Å²) in [7, 11) is 0. The molecule has 0 radical (unpaired) electrons. The van der Waals surface area contributed by atoms with E-state index >= 15 is 0 Å². The number of nitrogens with one attached hydrogen (secondary N) is 3. The lowest BCUT2D eigenvalue weighted by Crippen LogP contribution is -2.44. The molecular weight excluding hydrogens is 392 g/mol. The van der Waals surface area contributed by atoms with Crippen molar-refractivity contribution in [3.05, 3.63) is 35.2 Å². The van der Waals surface area contributed by atoms with Crippen molar-refractivity contribution in [1.82, 2.24) is 15.6 Å². The van der Waals surface area contributed by atoms with E-state index < -0.39 is 0 Å². The lowest BCUT2D eigenvalue weighted by atomic mass is 9.85. The van der Waals surface area contributed by atoms with Gasteiger partial charge >= 0.3 is 0 Å². The van der Waals surface area contributed by atoms with Crippen LogP contribution in [-0.4, -0.2) is 34.8 Å². The van der Waals surface area contributed by atoms with Gasteiger partial charge in [-0.1, -0.05) is 6.42 Å². The zero-order valence-electron chi connectivity index (χ0n) is 16.6. The number of rotatable bonds is 7. The highest BCUT2D eigenvalue weighted by atomic mass is 32.1. The monoisotopic (exact) mass is 418 g/mol. The zero-order chi connectivity index (χ0) is 20.8. The van der Waals surface area contributed by atoms with Gasteiger partial charge in [-0.15, -0.1) is 11.3 Å². The zero-order valence-corrected chi connectivity index (χ0v) is 17.4. The maximum absolute atomic E-state index is 12.4. The standard InChI is InChI=1S/C20H26N4O4S/c1-12(2)21-18(26)13-5-3-6-14(9-13)22-17(25)10-15-11-29-20(23-15)24-19(27)16-7-4-8-28-16/h4,7-8,11-14H,3,5-6,9-10H2,1-2H3,(H,21,26)(H,22,25)(H,23,24,27). The largest absolute Gasteiger partial charge is 0.459 e. The molecule has 0 spiro atoms. The van der Waals surface area contributed by atoms with E-state index in [0.29, 0.717) is 17.2 Å². The summed E-state index contributed by atoms with van der Waals surface area (Å²) in [6.07, 6.45) is 4.86. The van der Waals surface area contributed by atoms with Gasteiger partial charge in [0, 0.05) is 23.4 Å². The summed E-state index contributed by atoms with van der Waals surface area (Å²) in [6.45, 7) is 3.89. The molecule has 2 aromatic rings. The highest BCUT2D eigenvalue weighted by molar-refractivity contribution is 7.14. The first-order chi connectivity index (χ1) is 13.9. The van der Waals surface area contributed by atoms with Crippen molar-refractivity contribution in [1.29, 1.82) is 0 Å². The van der Waals surface area contributed by atoms with Gasteiger partial charge in [-0.2, -0.15) is 0 Å². The van der Waals surface area contributed by atoms with Crippen LogP contribution in [0.1, 0.15) is 55.8 Å². The molecule has 1 fully saturated rings. The summed E-state index contributed by atoms with van der Waals surface area (Å²) in [5, 5.41) is 10.8. The van der Waals surface area contributed by atoms with E-state index in [-0.39, 0.29) is 47.9 Å². The molecule has 2 aromatic heterocycles. The van der Waals surface area contributed by atoms with Crippen molar-refractivity contribution < 1.29 is 18.8 Å². The summed E-state index contributed by atoms with van der Waals surface area (Å²) in [6, 6.07) is 3.31. The van der Waals surface area contributed by atoms with E-state index in [1.54, 1.807) is 17.5 Å². The molecule has 3 amide bonds. The van der Waals surface area contributed by atoms with Gasteiger partial charge in [-0.3, -0.25) is 19.7 Å². The quantitative estimate of drug-likeness (QED) is 0.640. The average molecular weight is 419 g/mol. The second-order valence-electron chi connectivity index (χ2n) is 7.54. The number of furan rings is 1. The molecule has 156 valence electrons. The lowest BCUT2D eigenvalue weighted by molar-refractivity contribution is -0.128. The van der Waals surface area contributed by atoms with Gasteiger partial charge in [0.2, 0.25) is 11.8 Å². The van der Waals surface area contributed by atoms with Crippen LogP contribution in [0.2, 0.25) is 0 Å². The number of carbonyl (C=O) groups is 3.